The molecule has 2 N–H and O–H groups in total. The maximum absolute atomic E-state index is 5.53. The molecule has 0 aliphatic carbocycles. The van der Waals surface area contributed by atoms with Crippen molar-refractivity contribution in [1.82, 2.24) is 4.90 Å². The second-order valence-corrected chi connectivity index (χ2v) is 3.25. The molecule has 0 radical (unpaired) electrons. The zero-order valence-corrected chi connectivity index (χ0v) is 7.25. The molecule has 0 amide bonds. The minimum absolute atomic E-state index is 0.619. The zero-order chi connectivity index (χ0) is 8.10. The van der Waals surface area contributed by atoms with Gasteiger partial charge in [0, 0.05) is 19.6 Å². The van der Waals surface area contributed by atoms with E-state index in [1.165, 1.54) is 0 Å². The molecule has 1 rings (SSSR count). The van der Waals surface area contributed by atoms with Gasteiger partial charge in [0.15, 0.2) is 0 Å². The van der Waals surface area contributed by atoms with Crippen molar-refractivity contribution in [2.45, 2.75) is 6.92 Å². The van der Waals surface area contributed by atoms with E-state index in [1.807, 2.05) is 0 Å². The first-order valence-electron chi connectivity index (χ1n) is 4.33. The highest BCUT2D eigenvalue weighted by atomic mass is 16.5. The standard InChI is InChI=1S/C8H18N2O/c1-8(6-9)7-10-2-4-11-5-3-10/h8H,2-7,9H2,1H3/t8-/m0/s1. The third kappa shape index (κ3) is 3.18. The average Bonchev–Trinajstić information content (AvgIpc) is 2.06. The van der Waals surface area contributed by atoms with Crippen LogP contribution in [0.25, 0.3) is 0 Å². The van der Waals surface area contributed by atoms with Crippen LogP contribution in [-0.4, -0.2) is 44.3 Å². The van der Waals surface area contributed by atoms with Crippen LogP contribution in [0.4, 0.5) is 0 Å². The Kier molecular flexibility index (Phi) is 3.83. The van der Waals surface area contributed by atoms with Crippen LogP contribution in [0.2, 0.25) is 0 Å². The van der Waals surface area contributed by atoms with Crippen molar-refractivity contribution in [3.63, 3.8) is 0 Å². The predicted octanol–water partition coefficient (Wildman–Crippen LogP) is -0.0866. The van der Waals surface area contributed by atoms with Crippen molar-refractivity contribution in [3.8, 4) is 0 Å². The molecule has 0 spiro atoms. The van der Waals surface area contributed by atoms with Gasteiger partial charge in [-0.15, -0.1) is 0 Å². The molecule has 11 heavy (non-hydrogen) atoms. The minimum atomic E-state index is 0.619. The monoisotopic (exact) mass is 158 g/mol. The highest BCUT2D eigenvalue weighted by Gasteiger charge is 2.11. The highest BCUT2D eigenvalue weighted by Crippen LogP contribution is 2.01. The fourth-order valence-corrected chi connectivity index (χ4v) is 1.30. The molecule has 0 aromatic rings. The van der Waals surface area contributed by atoms with Gasteiger partial charge in [-0.2, -0.15) is 0 Å². The van der Waals surface area contributed by atoms with Crippen LogP contribution in [0.1, 0.15) is 6.92 Å². The number of ether oxygens (including phenoxy) is 1. The topological polar surface area (TPSA) is 38.5 Å². The van der Waals surface area contributed by atoms with E-state index in [9.17, 15) is 0 Å². The Morgan fingerprint density at radius 3 is 2.64 bits per heavy atom. The highest BCUT2D eigenvalue weighted by molar-refractivity contribution is 4.65. The fraction of sp³-hybridized carbons (Fsp3) is 1.00. The Bertz CT molecular complexity index is 102. The second-order valence-electron chi connectivity index (χ2n) is 3.25. The van der Waals surface area contributed by atoms with Crippen LogP contribution in [0.3, 0.4) is 0 Å². The van der Waals surface area contributed by atoms with Gasteiger partial charge in [-0.1, -0.05) is 6.92 Å². The van der Waals surface area contributed by atoms with Crippen LogP contribution in [-0.2, 0) is 4.74 Å². The van der Waals surface area contributed by atoms with Gasteiger partial charge in [-0.05, 0) is 12.5 Å². The molecule has 1 heterocycles. The number of hydrogen-bond donors (Lipinski definition) is 1. The summed E-state index contributed by atoms with van der Waals surface area (Å²) in [6.07, 6.45) is 0. The summed E-state index contributed by atoms with van der Waals surface area (Å²) in [5, 5.41) is 0. The molecular weight excluding hydrogens is 140 g/mol. The molecule has 1 fully saturated rings. The van der Waals surface area contributed by atoms with E-state index < -0.39 is 0 Å². The van der Waals surface area contributed by atoms with Gasteiger partial charge in [0.25, 0.3) is 0 Å². The molecule has 3 nitrogen and oxygen atoms in total. The molecule has 1 aliphatic rings. The summed E-state index contributed by atoms with van der Waals surface area (Å²) in [6, 6.07) is 0. The van der Waals surface area contributed by atoms with Gasteiger partial charge in [-0.25, -0.2) is 0 Å². The van der Waals surface area contributed by atoms with Crippen LogP contribution < -0.4 is 5.73 Å². The summed E-state index contributed by atoms with van der Waals surface area (Å²) in [5.74, 6) is 0.619. The van der Waals surface area contributed by atoms with Gasteiger partial charge in [-0.3, -0.25) is 4.90 Å². The van der Waals surface area contributed by atoms with Gasteiger partial charge in [0.2, 0.25) is 0 Å². The summed E-state index contributed by atoms with van der Waals surface area (Å²) in [6.45, 7) is 8.02. The van der Waals surface area contributed by atoms with E-state index in [2.05, 4.69) is 11.8 Å². The summed E-state index contributed by atoms with van der Waals surface area (Å²) >= 11 is 0. The molecule has 0 bridgehead atoms. The lowest BCUT2D eigenvalue weighted by Crippen LogP contribution is -2.40. The lowest BCUT2D eigenvalue weighted by molar-refractivity contribution is 0.0323. The Morgan fingerprint density at radius 1 is 1.45 bits per heavy atom. The molecule has 0 saturated carbocycles. The van der Waals surface area contributed by atoms with Crippen molar-refractivity contribution in [1.29, 1.82) is 0 Å². The molecule has 3 heteroatoms. The summed E-state index contributed by atoms with van der Waals surface area (Å²) < 4.78 is 5.24. The van der Waals surface area contributed by atoms with E-state index in [1.54, 1.807) is 0 Å². The molecule has 1 atom stereocenters. The van der Waals surface area contributed by atoms with E-state index in [0.717, 1.165) is 39.4 Å². The zero-order valence-electron chi connectivity index (χ0n) is 7.25. The maximum atomic E-state index is 5.53. The number of morpholine rings is 1. The van der Waals surface area contributed by atoms with E-state index in [4.69, 9.17) is 10.5 Å². The van der Waals surface area contributed by atoms with Crippen LogP contribution in [0.15, 0.2) is 0 Å². The summed E-state index contributed by atoms with van der Waals surface area (Å²) in [7, 11) is 0. The molecule has 0 aromatic heterocycles. The number of hydrogen-bond acceptors (Lipinski definition) is 3. The van der Waals surface area contributed by atoms with Crippen LogP contribution in [0, 0.1) is 5.92 Å². The third-order valence-electron chi connectivity index (χ3n) is 2.08. The Balaban J connectivity index is 2.13. The quantitative estimate of drug-likeness (QED) is 0.624. The second kappa shape index (κ2) is 4.70. The van der Waals surface area contributed by atoms with Crippen molar-refractivity contribution in [2.24, 2.45) is 11.7 Å². The Hall–Kier alpha value is -0.120. The molecule has 1 saturated heterocycles. The largest absolute Gasteiger partial charge is 0.379 e. The first-order chi connectivity index (χ1) is 5.33. The SMILES string of the molecule is C[C@@H](CN)CN1CCOCC1. The fourth-order valence-electron chi connectivity index (χ4n) is 1.30. The normalized spacial score (nSPS) is 23.5. The lowest BCUT2D eigenvalue weighted by Gasteiger charge is -2.28. The molecule has 0 aromatic carbocycles. The summed E-state index contributed by atoms with van der Waals surface area (Å²) in [5.41, 5.74) is 5.53. The lowest BCUT2D eigenvalue weighted by atomic mass is 10.1. The van der Waals surface area contributed by atoms with Crippen molar-refractivity contribution < 1.29 is 4.74 Å². The predicted molar refractivity (Wildman–Crippen MR) is 45.5 cm³/mol. The average molecular weight is 158 g/mol. The van der Waals surface area contributed by atoms with Crippen molar-refractivity contribution in [3.05, 3.63) is 0 Å². The first kappa shape index (κ1) is 8.97. The van der Waals surface area contributed by atoms with Gasteiger partial charge in [0.1, 0.15) is 0 Å². The van der Waals surface area contributed by atoms with E-state index in [-0.39, 0.29) is 0 Å². The third-order valence-corrected chi connectivity index (χ3v) is 2.08. The van der Waals surface area contributed by atoms with E-state index >= 15 is 0 Å². The number of nitrogens with two attached hydrogens (primary N) is 1. The van der Waals surface area contributed by atoms with Crippen LogP contribution >= 0.6 is 0 Å². The Labute approximate surface area is 68.5 Å². The first-order valence-corrected chi connectivity index (χ1v) is 4.33. The van der Waals surface area contributed by atoms with Crippen molar-refractivity contribution in [2.75, 3.05) is 39.4 Å². The van der Waals surface area contributed by atoms with Crippen molar-refractivity contribution >= 4 is 0 Å². The minimum Gasteiger partial charge on any atom is -0.379 e. The maximum Gasteiger partial charge on any atom is 0.0594 e. The summed E-state index contributed by atoms with van der Waals surface area (Å²) in [4.78, 5) is 2.42. The van der Waals surface area contributed by atoms with Gasteiger partial charge >= 0.3 is 0 Å². The Morgan fingerprint density at radius 2 is 2.09 bits per heavy atom. The van der Waals surface area contributed by atoms with E-state index in [0.29, 0.717) is 5.92 Å². The smallest absolute Gasteiger partial charge is 0.0594 e. The van der Waals surface area contributed by atoms with Gasteiger partial charge in [0.05, 0.1) is 13.2 Å². The number of nitrogens with zero attached hydrogens (tertiary/aromatic N) is 1. The molecule has 0 unspecified atom stereocenters. The number of rotatable bonds is 3. The van der Waals surface area contributed by atoms with Crippen LogP contribution in [0.5, 0.6) is 0 Å². The van der Waals surface area contributed by atoms with Gasteiger partial charge < -0.3 is 10.5 Å². The molecule has 1 aliphatic heterocycles. The molecular formula is C8H18N2O. The molecule has 66 valence electrons.